The van der Waals surface area contributed by atoms with Gasteiger partial charge in [0, 0.05) is 43.0 Å². The molecule has 0 aliphatic carbocycles. The Balaban J connectivity index is 1.88. The summed E-state index contributed by atoms with van der Waals surface area (Å²) in [6, 6.07) is 2.06. The van der Waals surface area contributed by atoms with Crippen LogP contribution in [0.3, 0.4) is 0 Å². The summed E-state index contributed by atoms with van der Waals surface area (Å²) in [7, 11) is 1.70. The van der Waals surface area contributed by atoms with Crippen LogP contribution in [0.1, 0.15) is 5.69 Å². The fourth-order valence-corrected chi connectivity index (χ4v) is 2.03. The highest BCUT2D eigenvalue weighted by atomic mass is 32.1. The van der Waals surface area contributed by atoms with Crippen molar-refractivity contribution in [3.8, 4) is 11.4 Å². The first-order valence-electron chi connectivity index (χ1n) is 5.16. The van der Waals surface area contributed by atoms with E-state index in [1.165, 1.54) is 0 Å². The highest BCUT2D eigenvalue weighted by Gasteiger charge is 2.02. The van der Waals surface area contributed by atoms with E-state index < -0.39 is 0 Å². The smallest absolute Gasteiger partial charge is 0.138 e. The Morgan fingerprint density at radius 2 is 2.50 bits per heavy atom. The van der Waals surface area contributed by atoms with Gasteiger partial charge in [-0.2, -0.15) is 11.3 Å². The minimum absolute atomic E-state index is 0.728. The maximum atomic E-state index is 4.96. The summed E-state index contributed by atoms with van der Waals surface area (Å²) in [6.45, 7) is 2.37. The lowest BCUT2D eigenvalue weighted by molar-refractivity contribution is 0.199. The molecule has 0 aromatic carbocycles. The van der Waals surface area contributed by atoms with Gasteiger partial charge in [0.1, 0.15) is 5.82 Å². The van der Waals surface area contributed by atoms with Crippen molar-refractivity contribution in [1.82, 2.24) is 15.3 Å². The lowest BCUT2D eigenvalue weighted by atomic mass is 10.3. The van der Waals surface area contributed by atoms with Crippen molar-refractivity contribution in [2.24, 2.45) is 0 Å². The molecule has 0 saturated heterocycles. The molecule has 0 fully saturated rings. The van der Waals surface area contributed by atoms with Gasteiger partial charge < -0.3 is 15.0 Å². The summed E-state index contributed by atoms with van der Waals surface area (Å²) in [4.78, 5) is 7.62. The van der Waals surface area contributed by atoms with E-state index in [-0.39, 0.29) is 0 Å². The molecule has 0 amide bonds. The van der Waals surface area contributed by atoms with Crippen LogP contribution in [-0.4, -0.2) is 30.2 Å². The number of hydrogen-bond acceptors (Lipinski definition) is 4. The van der Waals surface area contributed by atoms with Gasteiger partial charge >= 0.3 is 0 Å². The number of aromatic amines is 1. The second-order valence-corrected chi connectivity index (χ2v) is 4.22. The van der Waals surface area contributed by atoms with Crippen LogP contribution in [0.15, 0.2) is 23.0 Å². The molecule has 0 aliphatic rings. The molecule has 2 heterocycles. The fraction of sp³-hybridized carbons (Fsp3) is 0.364. The molecule has 0 unspecified atom stereocenters. The lowest BCUT2D eigenvalue weighted by Crippen LogP contribution is -2.18. The van der Waals surface area contributed by atoms with Crippen LogP contribution in [0.4, 0.5) is 0 Å². The van der Waals surface area contributed by atoms with Crippen molar-refractivity contribution < 1.29 is 4.74 Å². The second-order valence-electron chi connectivity index (χ2n) is 3.44. The minimum Gasteiger partial charge on any atom is -0.383 e. The summed E-state index contributed by atoms with van der Waals surface area (Å²) >= 11 is 1.68. The van der Waals surface area contributed by atoms with E-state index in [2.05, 4.69) is 26.7 Å². The second kappa shape index (κ2) is 5.79. The van der Waals surface area contributed by atoms with Crippen LogP contribution in [0.25, 0.3) is 11.4 Å². The number of thiophene rings is 1. The van der Waals surface area contributed by atoms with Crippen molar-refractivity contribution in [2.45, 2.75) is 6.54 Å². The van der Waals surface area contributed by atoms with Crippen molar-refractivity contribution in [2.75, 3.05) is 20.3 Å². The van der Waals surface area contributed by atoms with Crippen LogP contribution in [0.2, 0.25) is 0 Å². The van der Waals surface area contributed by atoms with E-state index in [0.29, 0.717) is 0 Å². The first-order valence-corrected chi connectivity index (χ1v) is 6.10. The number of H-pyrrole nitrogens is 1. The highest BCUT2D eigenvalue weighted by Crippen LogP contribution is 2.18. The molecule has 0 aliphatic heterocycles. The first kappa shape index (κ1) is 11.3. The fourth-order valence-electron chi connectivity index (χ4n) is 1.39. The predicted octanol–water partition coefficient (Wildman–Crippen LogP) is 1.87. The summed E-state index contributed by atoms with van der Waals surface area (Å²) in [5, 5.41) is 7.40. The maximum Gasteiger partial charge on any atom is 0.138 e. The number of aromatic nitrogens is 2. The van der Waals surface area contributed by atoms with Gasteiger partial charge in [0.05, 0.1) is 6.61 Å². The molecule has 2 aromatic rings. The third kappa shape index (κ3) is 2.91. The molecule has 0 spiro atoms. The van der Waals surface area contributed by atoms with Gasteiger partial charge in [-0.05, 0) is 11.4 Å². The van der Waals surface area contributed by atoms with Gasteiger partial charge in [-0.1, -0.05) is 0 Å². The molecular formula is C11H15N3OS. The third-order valence-corrected chi connectivity index (χ3v) is 2.90. The van der Waals surface area contributed by atoms with Crippen molar-refractivity contribution in [3.05, 3.63) is 28.7 Å². The van der Waals surface area contributed by atoms with Gasteiger partial charge in [0.25, 0.3) is 0 Å². The van der Waals surface area contributed by atoms with E-state index >= 15 is 0 Å². The molecule has 0 saturated carbocycles. The number of nitrogens with one attached hydrogen (secondary N) is 2. The number of imidazole rings is 1. The van der Waals surface area contributed by atoms with Crippen LogP contribution in [-0.2, 0) is 11.3 Å². The summed E-state index contributed by atoms with van der Waals surface area (Å²) in [6.07, 6.45) is 1.87. The zero-order valence-electron chi connectivity index (χ0n) is 9.19. The molecular weight excluding hydrogens is 222 g/mol. The van der Waals surface area contributed by atoms with Crippen molar-refractivity contribution in [3.63, 3.8) is 0 Å². The molecule has 86 valence electrons. The van der Waals surface area contributed by atoms with E-state index in [1.807, 2.05) is 11.6 Å². The van der Waals surface area contributed by atoms with Crippen LogP contribution < -0.4 is 5.32 Å². The average Bonchev–Trinajstić information content (AvgIpc) is 2.94. The van der Waals surface area contributed by atoms with E-state index in [4.69, 9.17) is 4.74 Å². The molecule has 2 rings (SSSR count). The van der Waals surface area contributed by atoms with Gasteiger partial charge in [-0.15, -0.1) is 0 Å². The number of rotatable bonds is 6. The summed E-state index contributed by atoms with van der Waals surface area (Å²) in [5.41, 5.74) is 2.24. The normalized spacial score (nSPS) is 10.8. The SMILES string of the molecule is COCCNCc1cnc(-c2ccsc2)[nH]1. The Morgan fingerprint density at radius 3 is 3.25 bits per heavy atom. The number of ether oxygens (including phenoxy) is 1. The van der Waals surface area contributed by atoms with Gasteiger partial charge in [-0.25, -0.2) is 4.98 Å². The standard InChI is InChI=1S/C11H15N3OS/c1-15-4-3-12-6-10-7-13-11(14-10)9-2-5-16-8-9/h2,5,7-8,12H,3-4,6H2,1H3,(H,13,14). The topological polar surface area (TPSA) is 49.9 Å². The Bertz CT molecular complexity index is 411. The first-order chi connectivity index (χ1) is 7.90. The lowest BCUT2D eigenvalue weighted by Gasteiger charge is -2.00. The molecule has 5 heteroatoms. The Morgan fingerprint density at radius 1 is 1.56 bits per heavy atom. The van der Waals surface area contributed by atoms with Gasteiger partial charge in [0.15, 0.2) is 0 Å². The van der Waals surface area contributed by atoms with Crippen LogP contribution in [0, 0.1) is 0 Å². The highest BCUT2D eigenvalue weighted by molar-refractivity contribution is 7.08. The summed E-state index contributed by atoms with van der Waals surface area (Å²) < 4.78 is 4.96. The number of nitrogens with zero attached hydrogens (tertiary/aromatic N) is 1. The quantitative estimate of drug-likeness (QED) is 0.754. The summed E-state index contributed by atoms with van der Waals surface area (Å²) in [5.74, 6) is 0.935. The molecule has 0 bridgehead atoms. The van der Waals surface area contributed by atoms with Gasteiger partial charge in [-0.3, -0.25) is 0 Å². The average molecular weight is 237 g/mol. The maximum absolute atomic E-state index is 4.96. The van der Waals surface area contributed by atoms with E-state index in [0.717, 1.165) is 36.8 Å². The molecule has 16 heavy (non-hydrogen) atoms. The largest absolute Gasteiger partial charge is 0.383 e. The number of methoxy groups -OCH3 is 1. The molecule has 2 aromatic heterocycles. The van der Waals surface area contributed by atoms with Crippen LogP contribution in [0.5, 0.6) is 0 Å². The zero-order valence-corrected chi connectivity index (χ0v) is 10.0. The zero-order chi connectivity index (χ0) is 11.2. The molecule has 2 N–H and O–H groups in total. The molecule has 0 radical (unpaired) electrons. The Kier molecular flexibility index (Phi) is 4.10. The minimum atomic E-state index is 0.728. The Hall–Kier alpha value is -1.17. The van der Waals surface area contributed by atoms with Gasteiger partial charge in [0.2, 0.25) is 0 Å². The predicted molar refractivity (Wildman–Crippen MR) is 65.5 cm³/mol. The number of hydrogen-bond donors (Lipinski definition) is 2. The van der Waals surface area contributed by atoms with E-state index in [9.17, 15) is 0 Å². The van der Waals surface area contributed by atoms with E-state index in [1.54, 1.807) is 18.4 Å². The van der Waals surface area contributed by atoms with Crippen molar-refractivity contribution >= 4 is 11.3 Å². The molecule has 4 nitrogen and oxygen atoms in total. The third-order valence-electron chi connectivity index (χ3n) is 2.22. The van der Waals surface area contributed by atoms with Crippen molar-refractivity contribution in [1.29, 1.82) is 0 Å². The Labute approximate surface area is 98.7 Å². The monoisotopic (exact) mass is 237 g/mol. The van der Waals surface area contributed by atoms with Crippen LogP contribution >= 0.6 is 11.3 Å². The molecule has 0 atom stereocenters.